The van der Waals surface area contributed by atoms with Gasteiger partial charge in [-0.25, -0.2) is 8.42 Å². The lowest BCUT2D eigenvalue weighted by Gasteiger charge is -2.05. The molecule has 8 heteroatoms. The zero-order valence-electron chi connectivity index (χ0n) is 9.68. The van der Waals surface area contributed by atoms with Gasteiger partial charge in [0.15, 0.2) is 0 Å². The summed E-state index contributed by atoms with van der Waals surface area (Å²) in [4.78, 5) is -0.459. The van der Waals surface area contributed by atoms with Crippen LogP contribution in [0.2, 0.25) is 0 Å². The maximum absolute atomic E-state index is 12.3. The highest BCUT2D eigenvalue weighted by Gasteiger charge is 2.26. The van der Waals surface area contributed by atoms with E-state index in [0.717, 1.165) is 12.1 Å². The van der Waals surface area contributed by atoms with Gasteiger partial charge in [-0.15, -0.1) is 0 Å². The van der Waals surface area contributed by atoms with Crippen LogP contribution >= 0.6 is 11.6 Å². The molecule has 1 rings (SSSR count). The molecule has 0 spiro atoms. The maximum Gasteiger partial charge on any atom is 0.341 e. The molecular weight excluding hydrogens is 318 g/mol. The van der Waals surface area contributed by atoms with Crippen molar-refractivity contribution in [1.82, 2.24) is 0 Å². The zero-order chi connectivity index (χ0) is 14.6. The van der Waals surface area contributed by atoms with Gasteiger partial charge in [-0.1, -0.05) is 30.3 Å². The summed E-state index contributed by atoms with van der Waals surface area (Å²) < 4.78 is 58.5. The molecule has 1 atom stereocenters. The molecule has 0 aliphatic rings. The van der Waals surface area contributed by atoms with Crippen molar-refractivity contribution in [2.45, 2.75) is 16.4 Å². The fraction of sp³-hybridized carbons (Fsp3) is 0.273. The topological polar surface area (TPSA) is 51.2 Å². The Morgan fingerprint density at radius 3 is 2.26 bits per heavy atom. The van der Waals surface area contributed by atoms with Gasteiger partial charge in [-0.05, 0) is 17.7 Å². The Bertz CT molecular complexity index is 582. The molecule has 0 amide bonds. The highest BCUT2D eigenvalue weighted by atomic mass is 35.5. The van der Waals surface area contributed by atoms with Crippen molar-refractivity contribution in [3.8, 4) is 0 Å². The Kier molecular flexibility index (Phi) is 5.64. The quantitative estimate of drug-likeness (QED) is 0.806. The van der Waals surface area contributed by atoms with Crippen LogP contribution in [-0.2, 0) is 26.4 Å². The minimum Gasteiger partial charge on any atom is -0.259 e. The lowest BCUT2D eigenvalue weighted by atomic mass is 10.2. The van der Waals surface area contributed by atoms with Gasteiger partial charge < -0.3 is 0 Å². The SMILES string of the molecule is C=C(Cl)CS(=O)Cc1ccc(S(=O)(=O)C(F)F)cc1. The summed E-state index contributed by atoms with van der Waals surface area (Å²) >= 11 is 5.51. The maximum atomic E-state index is 12.3. The fourth-order valence-corrected chi connectivity index (χ4v) is 3.39. The monoisotopic (exact) mass is 328 g/mol. The zero-order valence-corrected chi connectivity index (χ0v) is 12.1. The van der Waals surface area contributed by atoms with Gasteiger partial charge in [-0.2, -0.15) is 8.78 Å². The van der Waals surface area contributed by atoms with Gasteiger partial charge >= 0.3 is 5.76 Å². The van der Waals surface area contributed by atoms with Crippen LogP contribution in [0.25, 0.3) is 0 Å². The van der Waals surface area contributed by atoms with E-state index in [2.05, 4.69) is 6.58 Å². The Hall–Kier alpha value is -0.790. The number of hydrogen-bond donors (Lipinski definition) is 0. The van der Waals surface area contributed by atoms with E-state index >= 15 is 0 Å². The number of rotatable bonds is 6. The van der Waals surface area contributed by atoms with Crippen LogP contribution in [0.4, 0.5) is 8.78 Å². The fourth-order valence-electron chi connectivity index (χ4n) is 1.29. The van der Waals surface area contributed by atoms with E-state index in [0.29, 0.717) is 5.56 Å². The van der Waals surface area contributed by atoms with Gasteiger partial charge in [0.2, 0.25) is 9.84 Å². The first-order chi connectivity index (χ1) is 8.73. The highest BCUT2D eigenvalue weighted by Crippen LogP contribution is 2.19. The molecule has 0 aliphatic carbocycles. The molecule has 0 aliphatic heterocycles. The van der Waals surface area contributed by atoms with Crippen LogP contribution in [0.1, 0.15) is 5.56 Å². The van der Waals surface area contributed by atoms with Gasteiger partial charge in [0.25, 0.3) is 0 Å². The number of halogens is 3. The van der Waals surface area contributed by atoms with Crippen molar-refractivity contribution in [3.63, 3.8) is 0 Å². The van der Waals surface area contributed by atoms with Crippen LogP contribution < -0.4 is 0 Å². The van der Waals surface area contributed by atoms with Gasteiger partial charge in [0, 0.05) is 21.6 Å². The number of alkyl halides is 2. The van der Waals surface area contributed by atoms with Gasteiger partial charge in [-0.3, -0.25) is 4.21 Å². The summed E-state index contributed by atoms with van der Waals surface area (Å²) in [6.07, 6.45) is 0. The average Bonchev–Trinajstić information content (AvgIpc) is 2.28. The molecule has 1 aromatic rings. The molecule has 1 unspecified atom stereocenters. The molecule has 0 fully saturated rings. The predicted molar refractivity (Wildman–Crippen MR) is 71.3 cm³/mol. The summed E-state index contributed by atoms with van der Waals surface area (Å²) in [7, 11) is -5.85. The largest absolute Gasteiger partial charge is 0.341 e. The molecular formula is C11H11ClF2O3S2. The second kappa shape index (κ2) is 6.58. The van der Waals surface area contributed by atoms with Crippen LogP contribution in [0.3, 0.4) is 0 Å². The van der Waals surface area contributed by atoms with E-state index in [1.54, 1.807) is 0 Å². The summed E-state index contributed by atoms with van der Waals surface area (Å²) in [5.74, 6) is -3.17. The number of sulfone groups is 1. The second-order valence-electron chi connectivity index (χ2n) is 3.70. The average molecular weight is 329 g/mol. The lowest BCUT2D eigenvalue weighted by molar-refractivity contribution is 0.234. The number of hydrogen-bond acceptors (Lipinski definition) is 3. The first-order valence-electron chi connectivity index (χ1n) is 5.02. The van der Waals surface area contributed by atoms with Crippen molar-refractivity contribution in [2.24, 2.45) is 0 Å². The summed E-state index contributed by atoms with van der Waals surface area (Å²) in [6, 6.07) is 4.85. The minimum absolute atomic E-state index is 0.124. The molecule has 0 saturated carbocycles. The van der Waals surface area contributed by atoms with Crippen molar-refractivity contribution < 1.29 is 21.4 Å². The number of benzene rings is 1. The van der Waals surface area contributed by atoms with Crippen molar-refractivity contribution >= 4 is 32.2 Å². The van der Waals surface area contributed by atoms with Crippen LogP contribution in [0, 0.1) is 0 Å². The van der Waals surface area contributed by atoms with E-state index in [1.807, 2.05) is 0 Å². The van der Waals surface area contributed by atoms with E-state index in [9.17, 15) is 21.4 Å². The second-order valence-corrected chi connectivity index (χ2v) is 7.60. The third-order valence-corrected chi connectivity index (χ3v) is 5.15. The molecule has 0 saturated heterocycles. The third-order valence-electron chi connectivity index (χ3n) is 2.13. The third kappa shape index (κ3) is 4.67. The highest BCUT2D eigenvalue weighted by molar-refractivity contribution is 7.91. The summed E-state index contributed by atoms with van der Waals surface area (Å²) in [6.45, 7) is 3.41. The van der Waals surface area contributed by atoms with E-state index in [4.69, 9.17) is 11.6 Å². The van der Waals surface area contributed by atoms with E-state index < -0.39 is 31.3 Å². The van der Waals surface area contributed by atoms with E-state index in [1.165, 1.54) is 12.1 Å². The Labute approximate surface area is 117 Å². The van der Waals surface area contributed by atoms with Gasteiger partial charge in [0.1, 0.15) is 0 Å². The minimum atomic E-state index is -4.59. The smallest absolute Gasteiger partial charge is 0.259 e. The Morgan fingerprint density at radius 1 is 1.32 bits per heavy atom. The van der Waals surface area contributed by atoms with E-state index in [-0.39, 0.29) is 16.5 Å². The molecule has 0 N–H and O–H groups in total. The van der Waals surface area contributed by atoms with Crippen LogP contribution in [0.5, 0.6) is 0 Å². The van der Waals surface area contributed by atoms with Crippen LogP contribution in [0.15, 0.2) is 40.8 Å². The molecule has 0 aromatic heterocycles. The molecule has 3 nitrogen and oxygen atoms in total. The van der Waals surface area contributed by atoms with Crippen molar-refractivity contribution in [1.29, 1.82) is 0 Å². The lowest BCUT2D eigenvalue weighted by Crippen LogP contribution is -2.11. The molecule has 0 bridgehead atoms. The molecule has 0 radical (unpaired) electrons. The predicted octanol–water partition coefficient (Wildman–Crippen LogP) is 2.68. The first-order valence-corrected chi connectivity index (χ1v) is 8.44. The van der Waals surface area contributed by atoms with Crippen molar-refractivity contribution in [3.05, 3.63) is 41.4 Å². The molecule has 106 valence electrons. The first kappa shape index (κ1) is 16.3. The molecule has 0 heterocycles. The Morgan fingerprint density at radius 2 is 1.84 bits per heavy atom. The summed E-state index contributed by atoms with van der Waals surface area (Å²) in [5.41, 5.74) is 0.574. The standard InChI is InChI=1S/C11H11ClF2O3S2/c1-8(12)6-18(15)7-9-2-4-10(5-3-9)19(16,17)11(13)14/h2-5,11H,1,6-7H2. The molecule has 19 heavy (non-hydrogen) atoms. The van der Waals surface area contributed by atoms with Gasteiger partial charge in [0.05, 0.1) is 10.6 Å². The summed E-state index contributed by atoms with van der Waals surface area (Å²) in [5, 5.41) is 0.259. The van der Waals surface area contributed by atoms with Crippen LogP contribution in [-0.4, -0.2) is 24.1 Å². The van der Waals surface area contributed by atoms with Crippen molar-refractivity contribution in [2.75, 3.05) is 5.75 Å². The Balaban J connectivity index is 2.83. The molecule has 1 aromatic carbocycles. The normalized spacial score (nSPS) is 13.5.